The van der Waals surface area contributed by atoms with E-state index >= 15 is 0 Å². The first-order valence-electron chi connectivity index (χ1n) is 11.2. The Labute approximate surface area is 159 Å². The van der Waals surface area contributed by atoms with Gasteiger partial charge < -0.3 is 10.2 Å². The summed E-state index contributed by atoms with van der Waals surface area (Å²) >= 11 is 0. The largest absolute Gasteiger partial charge is 0.311 e. The summed E-state index contributed by atoms with van der Waals surface area (Å²) < 4.78 is 0. The van der Waals surface area contributed by atoms with E-state index in [1.807, 2.05) is 0 Å². The van der Waals surface area contributed by atoms with Crippen LogP contribution in [0.3, 0.4) is 0 Å². The molecule has 3 fully saturated rings. The molecular formula is C24H36N2. The van der Waals surface area contributed by atoms with Gasteiger partial charge in [-0.15, -0.1) is 0 Å². The third kappa shape index (κ3) is 2.12. The fraction of sp³-hybridized carbons (Fsp3) is 0.750. The van der Waals surface area contributed by atoms with Crippen molar-refractivity contribution in [1.82, 2.24) is 10.2 Å². The van der Waals surface area contributed by atoms with Gasteiger partial charge in [0, 0.05) is 29.5 Å². The van der Waals surface area contributed by atoms with Crippen LogP contribution in [0.1, 0.15) is 69.1 Å². The first kappa shape index (κ1) is 17.3. The fourth-order valence-electron chi connectivity index (χ4n) is 7.36. The third-order valence-electron chi connectivity index (χ3n) is 8.83. The van der Waals surface area contributed by atoms with Crippen molar-refractivity contribution in [3.05, 3.63) is 34.9 Å². The number of hydrogen-bond donors (Lipinski definition) is 1. The standard InChI is InChI=1S/C24H36N2/c1-4-17-10-11-19-15-24-16-26(3)22(24)21(23(24,2)20(19)14-17)25-13-12-18-8-6-5-7-9-18/h10-11,14,18,21-22,25H,4-9,12-13,15-16H2,1-3H3. The summed E-state index contributed by atoms with van der Waals surface area (Å²) in [6.45, 7) is 7.37. The van der Waals surface area contributed by atoms with Gasteiger partial charge in [-0.1, -0.05) is 64.2 Å². The zero-order valence-electron chi connectivity index (χ0n) is 17.0. The summed E-state index contributed by atoms with van der Waals surface area (Å²) in [7, 11) is 2.34. The van der Waals surface area contributed by atoms with E-state index in [4.69, 9.17) is 0 Å². The van der Waals surface area contributed by atoms with Crippen LogP contribution >= 0.6 is 0 Å². The quantitative estimate of drug-likeness (QED) is 0.850. The Morgan fingerprint density at radius 1 is 1.19 bits per heavy atom. The molecule has 2 saturated carbocycles. The molecular weight excluding hydrogens is 316 g/mol. The van der Waals surface area contributed by atoms with Crippen molar-refractivity contribution in [2.24, 2.45) is 11.3 Å². The SMILES string of the molecule is CCc1ccc2c(c1)C1(C)C(NCCC3CCCCC3)C3N(C)CC31C2. The minimum Gasteiger partial charge on any atom is -0.311 e. The van der Waals surface area contributed by atoms with Crippen molar-refractivity contribution in [2.45, 2.75) is 82.7 Å². The predicted molar refractivity (Wildman–Crippen MR) is 109 cm³/mol. The summed E-state index contributed by atoms with van der Waals surface area (Å²) in [6.07, 6.45) is 11.2. The Balaban J connectivity index is 1.35. The van der Waals surface area contributed by atoms with Crippen LogP contribution in [-0.4, -0.2) is 37.1 Å². The highest BCUT2D eigenvalue weighted by atomic mass is 15.3. The molecule has 1 aromatic carbocycles. The minimum absolute atomic E-state index is 0.344. The van der Waals surface area contributed by atoms with Crippen molar-refractivity contribution >= 4 is 0 Å². The maximum absolute atomic E-state index is 4.07. The van der Waals surface area contributed by atoms with Crippen molar-refractivity contribution in [3.8, 4) is 0 Å². The second-order valence-electron chi connectivity index (χ2n) is 9.96. The number of rotatable bonds is 5. The van der Waals surface area contributed by atoms with Crippen LogP contribution in [0.25, 0.3) is 0 Å². The molecule has 1 saturated heterocycles. The molecule has 1 aromatic rings. The molecule has 4 unspecified atom stereocenters. The molecule has 2 nitrogen and oxygen atoms in total. The highest BCUT2D eigenvalue weighted by Gasteiger charge is 2.78. The smallest absolute Gasteiger partial charge is 0.0336 e. The lowest BCUT2D eigenvalue weighted by Gasteiger charge is -2.76. The van der Waals surface area contributed by atoms with Crippen LogP contribution in [0.15, 0.2) is 18.2 Å². The van der Waals surface area contributed by atoms with Crippen LogP contribution in [0.5, 0.6) is 0 Å². The maximum atomic E-state index is 4.07. The molecule has 0 aromatic heterocycles. The molecule has 0 bridgehead atoms. The van der Waals surface area contributed by atoms with E-state index in [-0.39, 0.29) is 0 Å². The van der Waals surface area contributed by atoms with Gasteiger partial charge in [0.1, 0.15) is 0 Å². The van der Waals surface area contributed by atoms with E-state index in [1.54, 1.807) is 11.1 Å². The van der Waals surface area contributed by atoms with E-state index in [1.165, 1.54) is 63.6 Å². The zero-order valence-corrected chi connectivity index (χ0v) is 17.0. The van der Waals surface area contributed by atoms with Crippen molar-refractivity contribution in [3.63, 3.8) is 0 Å². The van der Waals surface area contributed by atoms with Gasteiger partial charge in [-0.05, 0) is 55.5 Å². The number of piperidine rings is 1. The molecule has 142 valence electrons. The van der Waals surface area contributed by atoms with E-state index in [9.17, 15) is 0 Å². The molecule has 3 aliphatic carbocycles. The molecule has 1 spiro atoms. The van der Waals surface area contributed by atoms with Gasteiger partial charge >= 0.3 is 0 Å². The number of fused-ring (bicyclic) bond motifs is 2. The van der Waals surface area contributed by atoms with Crippen molar-refractivity contribution < 1.29 is 0 Å². The van der Waals surface area contributed by atoms with Crippen LogP contribution < -0.4 is 5.32 Å². The summed E-state index contributed by atoms with van der Waals surface area (Å²) in [5, 5.41) is 4.07. The molecule has 2 heteroatoms. The minimum atomic E-state index is 0.344. The number of nitrogens with zero attached hydrogens (tertiary/aromatic N) is 1. The number of benzene rings is 1. The average Bonchev–Trinajstić information content (AvgIpc) is 2.89. The van der Waals surface area contributed by atoms with Gasteiger partial charge in [0.15, 0.2) is 0 Å². The molecule has 0 radical (unpaired) electrons. The second-order valence-corrected chi connectivity index (χ2v) is 9.96. The summed E-state index contributed by atoms with van der Waals surface area (Å²) in [4.78, 5) is 2.62. The van der Waals surface area contributed by atoms with E-state index < -0.39 is 0 Å². The van der Waals surface area contributed by atoms with E-state index in [0.717, 1.165) is 18.4 Å². The number of hydrogen-bond acceptors (Lipinski definition) is 2. The molecule has 4 atom stereocenters. The lowest BCUT2D eigenvalue weighted by molar-refractivity contribution is -0.215. The van der Waals surface area contributed by atoms with Crippen molar-refractivity contribution in [2.75, 3.05) is 20.1 Å². The van der Waals surface area contributed by atoms with Gasteiger partial charge in [0.2, 0.25) is 0 Å². The average molecular weight is 353 g/mol. The lowest BCUT2D eigenvalue weighted by atomic mass is 9.40. The summed E-state index contributed by atoms with van der Waals surface area (Å²) in [5.41, 5.74) is 5.69. The fourth-order valence-corrected chi connectivity index (χ4v) is 7.36. The van der Waals surface area contributed by atoms with E-state index in [2.05, 4.69) is 49.3 Å². The Bertz CT molecular complexity index is 691. The Kier molecular flexibility index (Phi) is 4.03. The molecule has 4 aliphatic rings. The van der Waals surface area contributed by atoms with Crippen molar-refractivity contribution in [1.29, 1.82) is 0 Å². The molecule has 26 heavy (non-hydrogen) atoms. The summed E-state index contributed by atoms with van der Waals surface area (Å²) in [5.74, 6) is 0.982. The lowest BCUT2D eigenvalue weighted by Crippen LogP contribution is -2.89. The predicted octanol–water partition coefficient (Wildman–Crippen LogP) is 4.31. The first-order chi connectivity index (χ1) is 12.6. The Morgan fingerprint density at radius 2 is 2.00 bits per heavy atom. The molecule has 1 N–H and O–H groups in total. The molecule has 5 rings (SSSR count). The van der Waals surface area contributed by atoms with Crippen LogP contribution in [0.2, 0.25) is 0 Å². The Hall–Kier alpha value is -0.860. The van der Waals surface area contributed by atoms with Gasteiger partial charge in [-0.3, -0.25) is 0 Å². The van der Waals surface area contributed by atoms with Crippen LogP contribution in [-0.2, 0) is 18.3 Å². The maximum Gasteiger partial charge on any atom is 0.0336 e. The molecule has 0 amide bonds. The third-order valence-corrected chi connectivity index (χ3v) is 8.83. The van der Waals surface area contributed by atoms with Crippen LogP contribution in [0, 0.1) is 11.3 Å². The zero-order chi connectivity index (χ0) is 17.9. The highest BCUT2D eigenvalue weighted by molar-refractivity contribution is 5.55. The first-order valence-corrected chi connectivity index (χ1v) is 11.2. The number of aryl methyl sites for hydroxylation is 1. The number of likely N-dealkylation sites (tertiary alicyclic amines) is 1. The van der Waals surface area contributed by atoms with Gasteiger partial charge in [-0.2, -0.15) is 0 Å². The summed E-state index contributed by atoms with van der Waals surface area (Å²) in [6, 6.07) is 8.75. The Morgan fingerprint density at radius 3 is 2.73 bits per heavy atom. The van der Waals surface area contributed by atoms with Gasteiger partial charge in [0.05, 0.1) is 0 Å². The second kappa shape index (κ2) is 6.07. The molecule has 1 aliphatic heterocycles. The topological polar surface area (TPSA) is 15.3 Å². The molecule has 1 heterocycles. The van der Waals surface area contributed by atoms with E-state index in [0.29, 0.717) is 16.9 Å². The van der Waals surface area contributed by atoms with Gasteiger partial charge in [0.25, 0.3) is 0 Å². The highest BCUT2D eigenvalue weighted by Crippen LogP contribution is 2.70. The monoisotopic (exact) mass is 352 g/mol. The normalized spacial score (nSPS) is 38.9. The van der Waals surface area contributed by atoms with Crippen LogP contribution in [0.4, 0.5) is 0 Å². The number of likely N-dealkylation sites (N-methyl/N-ethyl adjacent to an activating group) is 1. The number of nitrogens with one attached hydrogen (secondary N) is 1. The van der Waals surface area contributed by atoms with Gasteiger partial charge in [-0.25, -0.2) is 0 Å².